The minimum absolute atomic E-state index is 0.0145. The van der Waals surface area contributed by atoms with E-state index in [1.165, 1.54) is 28.1 Å². The number of piperidine rings is 1. The Hall–Kier alpha value is -4.35. The molecule has 0 bridgehead atoms. The normalized spacial score (nSPS) is 14.3. The van der Waals surface area contributed by atoms with Crippen LogP contribution in [0.25, 0.3) is 17.3 Å². The first-order valence-corrected chi connectivity index (χ1v) is 11.0. The second-order valence-electron chi connectivity index (χ2n) is 7.90. The van der Waals surface area contributed by atoms with Crippen molar-refractivity contribution in [2.45, 2.75) is 19.4 Å². The molecule has 0 unspecified atom stereocenters. The summed E-state index contributed by atoms with van der Waals surface area (Å²) in [5, 5.41) is 19.8. The van der Waals surface area contributed by atoms with Crippen LogP contribution in [0.2, 0.25) is 0 Å². The lowest BCUT2D eigenvalue weighted by atomic mass is 9.96. The molecule has 4 aromatic rings. The standard InChI is InChI=1S/C22H23N9O3/c32-21-6-5-20(31-15-23-14-25-31)28-30(21)12-9-24-22(33)16-7-10-29(11-8-16)19-4-3-17(26-27-19)18-2-1-13-34-18/h1-6,13-16H,7-12H2,(H,24,33). The van der Waals surface area contributed by atoms with E-state index in [4.69, 9.17) is 4.42 Å². The highest BCUT2D eigenvalue weighted by Crippen LogP contribution is 2.23. The Morgan fingerprint density at radius 3 is 2.65 bits per heavy atom. The molecular formula is C22H23N9O3. The number of amides is 1. The Labute approximate surface area is 194 Å². The van der Waals surface area contributed by atoms with E-state index in [0.717, 1.165) is 5.82 Å². The SMILES string of the molecule is O=C(NCCn1nc(-n2cncn2)ccc1=O)C1CCN(c2ccc(-c3ccco3)nn2)CC1. The summed E-state index contributed by atoms with van der Waals surface area (Å²) < 4.78 is 8.13. The van der Waals surface area contributed by atoms with Gasteiger partial charge in [0.05, 0.1) is 12.8 Å². The van der Waals surface area contributed by atoms with Gasteiger partial charge in [0.25, 0.3) is 5.56 Å². The van der Waals surface area contributed by atoms with Gasteiger partial charge in [-0.1, -0.05) is 0 Å². The Morgan fingerprint density at radius 1 is 1.09 bits per heavy atom. The third-order valence-electron chi connectivity index (χ3n) is 5.74. The van der Waals surface area contributed by atoms with Gasteiger partial charge in [-0.15, -0.1) is 15.3 Å². The monoisotopic (exact) mass is 461 g/mol. The average molecular weight is 461 g/mol. The van der Waals surface area contributed by atoms with Crippen LogP contribution in [0.3, 0.4) is 0 Å². The van der Waals surface area contributed by atoms with Gasteiger partial charge < -0.3 is 14.6 Å². The quantitative estimate of drug-likeness (QED) is 0.426. The van der Waals surface area contributed by atoms with Gasteiger partial charge in [-0.3, -0.25) is 9.59 Å². The molecule has 1 fully saturated rings. The second-order valence-corrected chi connectivity index (χ2v) is 7.90. The minimum atomic E-state index is -0.245. The molecule has 1 aliphatic heterocycles. The van der Waals surface area contributed by atoms with Gasteiger partial charge in [-0.25, -0.2) is 14.3 Å². The molecule has 1 N–H and O–H groups in total. The molecule has 5 heterocycles. The van der Waals surface area contributed by atoms with Gasteiger partial charge in [0.15, 0.2) is 17.4 Å². The Bertz CT molecular complexity index is 1280. The maximum Gasteiger partial charge on any atom is 0.266 e. The van der Waals surface area contributed by atoms with Crippen molar-refractivity contribution >= 4 is 11.7 Å². The molecule has 0 atom stereocenters. The first-order valence-electron chi connectivity index (χ1n) is 11.0. The fourth-order valence-electron chi connectivity index (χ4n) is 3.90. The topological polar surface area (TPSA) is 137 Å². The van der Waals surface area contributed by atoms with Crippen LogP contribution >= 0.6 is 0 Å². The molecule has 0 radical (unpaired) electrons. The van der Waals surface area contributed by atoms with E-state index in [-0.39, 0.29) is 23.9 Å². The first kappa shape index (κ1) is 21.5. The summed E-state index contributed by atoms with van der Waals surface area (Å²) in [6, 6.07) is 10.5. The maximum absolute atomic E-state index is 12.6. The van der Waals surface area contributed by atoms with Gasteiger partial charge in [0.1, 0.15) is 18.3 Å². The molecule has 174 valence electrons. The van der Waals surface area contributed by atoms with Crippen LogP contribution in [0.4, 0.5) is 5.82 Å². The summed E-state index contributed by atoms with van der Waals surface area (Å²) in [5.41, 5.74) is 0.439. The zero-order valence-corrected chi connectivity index (χ0v) is 18.3. The van der Waals surface area contributed by atoms with Crippen LogP contribution in [-0.2, 0) is 11.3 Å². The van der Waals surface area contributed by atoms with E-state index in [1.54, 1.807) is 12.3 Å². The molecule has 0 spiro atoms. The summed E-state index contributed by atoms with van der Waals surface area (Å²) >= 11 is 0. The fraction of sp³-hybridized carbons (Fsp3) is 0.318. The summed E-state index contributed by atoms with van der Waals surface area (Å²) in [7, 11) is 0. The number of carbonyl (C=O) groups is 1. The number of aromatic nitrogens is 7. The lowest BCUT2D eigenvalue weighted by molar-refractivity contribution is -0.125. The number of rotatable bonds is 7. The van der Waals surface area contributed by atoms with Crippen LogP contribution < -0.4 is 15.8 Å². The minimum Gasteiger partial charge on any atom is -0.463 e. The molecule has 0 aromatic carbocycles. The van der Waals surface area contributed by atoms with Crippen LogP contribution in [0.15, 0.2) is 64.5 Å². The van der Waals surface area contributed by atoms with Crippen molar-refractivity contribution in [3.8, 4) is 17.3 Å². The Balaban J connectivity index is 1.11. The van der Waals surface area contributed by atoms with Crippen LogP contribution in [0.5, 0.6) is 0 Å². The molecule has 12 nitrogen and oxygen atoms in total. The molecule has 1 aliphatic rings. The number of nitrogens with zero attached hydrogens (tertiary/aromatic N) is 8. The second kappa shape index (κ2) is 9.65. The highest BCUT2D eigenvalue weighted by molar-refractivity contribution is 5.78. The zero-order valence-electron chi connectivity index (χ0n) is 18.3. The van der Waals surface area contributed by atoms with E-state index < -0.39 is 0 Å². The molecular weight excluding hydrogens is 438 g/mol. The maximum atomic E-state index is 12.6. The number of hydrogen-bond acceptors (Lipinski definition) is 9. The number of nitrogens with one attached hydrogen (secondary N) is 1. The lowest BCUT2D eigenvalue weighted by Gasteiger charge is -2.31. The average Bonchev–Trinajstić information content (AvgIpc) is 3.60. The summed E-state index contributed by atoms with van der Waals surface area (Å²) in [6.45, 7) is 2.01. The van der Waals surface area contributed by atoms with E-state index in [1.807, 2.05) is 24.3 Å². The molecule has 4 aromatic heterocycles. The fourth-order valence-corrected chi connectivity index (χ4v) is 3.90. The van der Waals surface area contributed by atoms with E-state index >= 15 is 0 Å². The summed E-state index contributed by atoms with van der Waals surface area (Å²) in [4.78, 5) is 30.8. The Kier molecular flexibility index (Phi) is 6.10. The molecule has 5 rings (SSSR count). The van der Waals surface area contributed by atoms with Gasteiger partial charge in [-0.05, 0) is 43.2 Å². The zero-order chi connectivity index (χ0) is 23.3. The lowest BCUT2D eigenvalue weighted by Crippen LogP contribution is -2.42. The van der Waals surface area contributed by atoms with Crippen molar-refractivity contribution in [3.05, 3.63) is 65.7 Å². The van der Waals surface area contributed by atoms with Crippen molar-refractivity contribution in [2.75, 3.05) is 24.5 Å². The molecule has 0 aliphatic carbocycles. The smallest absolute Gasteiger partial charge is 0.266 e. The molecule has 12 heteroatoms. The van der Waals surface area contributed by atoms with Gasteiger partial charge in [0, 0.05) is 31.6 Å². The van der Waals surface area contributed by atoms with E-state index in [2.05, 4.69) is 35.6 Å². The van der Waals surface area contributed by atoms with Gasteiger partial charge in [0.2, 0.25) is 5.91 Å². The van der Waals surface area contributed by atoms with Gasteiger partial charge >= 0.3 is 0 Å². The molecule has 1 amide bonds. The molecule has 1 saturated heterocycles. The first-order chi connectivity index (χ1) is 16.7. The van der Waals surface area contributed by atoms with Crippen LogP contribution in [0.1, 0.15) is 12.8 Å². The highest BCUT2D eigenvalue weighted by atomic mass is 16.3. The number of anilines is 1. The number of carbonyl (C=O) groups excluding carboxylic acids is 1. The van der Waals surface area contributed by atoms with E-state index in [9.17, 15) is 9.59 Å². The summed E-state index contributed by atoms with van der Waals surface area (Å²) in [5.74, 6) is 1.84. The van der Waals surface area contributed by atoms with Crippen molar-refractivity contribution < 1.29 is 9.21 Å². The number of hydrogen-bond donors (Lipinski definition) is 1. The molecule has 34 heavy (non-hydrogen) atoms. The van der Waals surface area contributed by atoms with Crippen molar-refractivity contribution in [1.82, 2.24) is 40.1 Å². The van der Waals surface area contributed by atoms with Gasteiger partial charge in [-0.2, -0.15) is 5.10 Å². The third kappa shape index (κ3) is 4.70. The third-order valence-corrected chi connectivity index (χ3v) is 5.74. The largest absolute Gasteiger partial charge is 0.463 e. The van der Waals surface area contributed by atoms with E-state index in [0.29, 0.717) is 49.7 Å². The highest BCUT2D eigenvalue weighted by Gasteiger charge is 2.25. The molecule has 0 saturated carbocycles. The van der Waals surface area contributed by atoms with Crippen molar-refractivity contribution in [2.24, 2.45) is 5.92 Å². The number of furan rings is 1. The predicted molar refractivity (Wildman–Crippen MR) is 121 cm³/mol. The Morgan fingerprint density at radius 2 is 1.94 bits per heavy atom. The van der Waals surface area contributed by atoms with Crippen LogP contribution in [0, 0.1) is 5.92 Å². The van der Waals surface area contributed by atoms with Crippen LogP contribution in [-0.4, -0.2) is 60.3 Å². The predicted octanol–water partition coefficient (Wildman–Crippen LogP) is 0.907. The van der Waals surface area contributed by atoms with Crippen molar-refractivity contribution in [3.63, 3.8) is 0 Å². The van der Waals surface area contributed by atoms with Crippen molar-refractivity contribution in [1.29, 1.82) is 0 Å². The summed E-state index contributed by atoms with van der Waals surface area (Å²) in [6.07, 6.45) is 5.93.